The summed E-state index contributed by atoms with van der Waals surface area (Å²) >= 11 is 0. The van der Waals surface area contributed by atoms with Crippen molar-refractivity contribution in [2.75, 3.05) is 13.1 Å². The van der Waals surface area contributed by atoms with Gasteiger partial charge in [0.15, 0.2) is 0 Å². The van der Waals surface area contributed by atoms with Crippen LogP contribution in [0.15, 0.2) is 24.4 Å². The van der Waals surface area contributed by atoms with Gasteiger partial charge < -0.3 is 9.64 Å². The molecule has 0 aliphatic carbocycles. The molecule has 1 aromatic rings. The Kier molecular flexibility index (Phi) is 6.13. The Bertz CT molecular complexity index is 522. The molecule has 1 aromatic heterocycles. The normalized spacial score (nSPS) is 17.1. The van der Waals surface area contributed by atoms with E-state index in [1.165, 1.54) is 0 Å². The molecule has 1 aliphatic rings. The highest BCUT2D eigenvalue weighted by atomic mass is 16.5. The van der Waals surface area contributed by atoms with Gasteiger partial charge in [-0.3, -0.25) is 14.6 Å². The molecule has 23 heavy (non-hydrogen) atoms. The van der Waals surface area contributed by atoms with Gasteiger partial charge in [0, 0.05) is 19.3 Å². The van der Waals surface area contributed by atoms with E-state index in [4.69, 9.17) is 4.74 Å². The molecule has 0 radical (unpaired) electrons. The highest BCUT2D eigenvalue weighted by Crippen LogP contribution is 2.21. The molecule has 1 fully saturated rings. The van der Waals surface area contributed by atoms with Crippen molar-refractivity contribution >= 4 is 11.9 Å². The molecule has 126 valence electrons. The second-order valence-corrected chi connectivity index (χ2v) is 6.66. The quantitative estimate of drug-likeness (QED) is 0.783. The lowest BCUT2D eigenvalue weighted by atomic mass is 9.96. The largest absolute Gasteiger partial charge is 0.462 e. The number of aromatic nitrogens is 1. The van der Waals surface area contributed by atoms with E-state index < -0.39 is 0 Å². The maximum Gasteiger partial charge on any atom is 0.309 e. The van der Waals surface area contributed by atoms with Gasteiger partial charge in [0.05, 0.1) is 12.0 Å². The summed E-state index contributed by atoms with van der Waals surface area (Å²) in [6, 6.07) is 5.31. The minimum absolute atomic E-state index is 0.0457. The number of carbonyl (C=O) groups excluding carboxylic acids is 2. The van der Waals surface area contributed by atoms with Crippen molar-refractivity contribution in [3.05, 3.63) is 30.1 Å². The van der Waals surface area contributed by atoms with E-state index in [2.05, 4.69) is 18.8 Å². The Hall–Kier alpha value is -1.91. The maximum absolute atomic E-state index is 12.3. The average Bonchev–Trinajstić information content (AvgIpc) is 2.54. The monoisotopic (exact) mass is 318 g/mol. The van der Waals surface area contributed by atoms with Crippen LogP contribution in [0.5, 0.6) is 0 Å². The smallest absolute Gasteiger partial charge is 0.309 e. The zero-order valence-corrected chi connectivity index (χ0v) is 14.2. The topological polar surface area (TPSA) is 59.5 Å². The van der Waals surface area contributed by atoms with Gasteiger partial charge in [-0.15, -0.1) is 0 Å². The van der Waals surface area contributed by atoms with Gasteiger partial charge in [-0.1, -0.05) is 19.9 Å². The van der Waals surface area contributed by atoms with Gasteiger partial charge in [0.1, 0.15) is 5.69 Å². The molecule has 5 heteroatoms. The molecule has 1 atom stereocenters. The summed E-state index contributed by atoms with van der Waals surface area (Å²) in [4.78, 5) is 30.4. The Balaban J connectivity index is 1.81. The first kappa shape index (κ1) is 17.4. The van der Waals surface area contributed by atoms with Crippen LogP contribution >= 0.6 is 0 Å². The Morgan fingerprint density at radius 3 is 2.52 bits per heavy atom. The summed E-state index contributed by atoms with van der Waals surface area (Å²) in [5, 5.41) is 0. The van der Waals surface area contributed by atoms with Crippen LogP contribution in [0, 0.1) is 11.8 Å². The number of piperidine rings is 1. The van der Waals surface area contributed by atoms with Crippen molar-refractivity contribution in [2.24, 2.45) is 11.8 Å². The maximum atomic E-state index is 12.3. The van der Waals surface area contributed by atoms with E-state index in [-0.39, 0.29) is 23.9 Å². The fourth-order valence-electron chi connectivity index (χ4n) is 2.98. The number of nitrogens with zero attached hydrogens (tertiary/aromatic N) is 2. The highest BCUT2D eigenvalue weighted by molar-refractivity contribution is 5.92. The molecule has 0 aromatic carbocycles. The highest BCUT2D eigenvalue weighted by Gasteiger charge is 2.29. The molecule has 1 saturated heterocycles. The third kappa shape index (κ3) is 5.05. The number of rotatable bonds is 5. The molecule has 1 unspecified atom stereocenters. The zero-order valence-electron chi connectivity index (χ0n) is 14.2. The first-order valence-electron chi connectivity index (χ1n) is 8.38. The number of pyridine rings is 1. The number of hydrogen-bond donors (Lipinski definition) is 0. The van der Waals surface area contributed by atoms with Gasteiger partial charge in [-0.25, -0.2) is 0 Å². The van der Waals surface area contributed by atoms with Crippen molar-refractivity contribution in [1.29, 1.82) is 0 Å². The molecule has 0 N–H and O–H groups in total. The fraction of sp³-hybridized carbons (Fsp3) is 0.611. The summed E-state index contributed by atoms with van der Waals surface area (Å²) in [6.07, 6.45) is 3.77. The van der Waals surface area contributed by atoms with E-state index in [1.54, 1.807) is 29.3 Å². The summed E-state index contributed by atoms with van der Waals surface area (Å²) in [6.45, 7) is 7.33. The zero-order chi connectivity index (χ0) is 16.8. The van der Waals surface area contributed by atoms with Gasteiger partial charge in [-0.2, -0.15) is 0 Å². The van der Waals surface area contributed by atoms with Gasteiger partial charge in [0.25, 0.3) is 5.91 Å². The Morgan fingerprint density at radius 1 is 1.26 bits per heavy atom. The van der Waals surface area contributed by atoms with Crippen LogP contribution in [0.25, 0.3) is 0 Å². The lowest BCUT2D eigenvalue weighted by Crippen LogP contribution is -2.41. The second kappa shape index (κ2) is 8.09. The van der Waals surface area contributed by atoms with Gasteiger partial charge in [-0.05, 0) is 44.2 Å². The van der Waals surface area contributed by atoms with E-state index >= 15 is 0 Å². The average molecular weight is 318 g/mol. The minimum atomic E-state index is -0.122. The molecule has 0 saturated carbocycles. The van der Waals surface area contributed by atoms with Gasteiger partial charge >= 0.3 is 5.97 Å². The number of hydrogen-bond acceptors (Lipinski definition) is 4. The Labute approximate surface area is 138 Å². The number of ether oxygens (including phenoxy) is 1. The van der Waals surface area contributed by atoms with Crippen LogP contribution in [0.2, 0.25) is 0 Å². The predicted molar refractivity (Wildman–Crippen MR) is 87.9 cm³/mol. The molecule has 2 heterocycles. The number of esters is 1. The molecule has 2 rings (SSSR count). The van der Waals surface area contributed by atoms with Gasteiger partial charge in [0.2, 0.25) is 0 Å². The predicted octanol–water partition coefficient (Wildman–Crippen LogP) is 2.91. The van der Waals surface area contributed by atoms with E-state index in [9.17, 15) is 9.59 Å². The molecule has 1 amide bonds. The standard InChI is InChI=1S/C18H26N2O3/c1-13(2)12-14(3)23-18(22)15-7-10-20(11-8-15)17(21)16-6-4-5-9-19-16/h4-6,9,13-15H,7-8,10-12H2,1-3H3. The molecular weight excluding hydrogens is 292 g/mol. The minimum Gasteiger partial charge on any atom is -0.462 e. The fourth-order valence-corrected chi connectivity index (χ4v) is 2.98. The lowest BCUT2D eigenvalue weighted by molar-refractivity contribution is -0.155. The molecule has 5 nitrogen and oxygen atoms in total. The SMILES string of the molecule is CC(C)CC(C)OC(=O)C1CCN(C(=O)c2ccccn2)CC1. The van der Waals surface area contributed by atoms with E-state index in [0.717, 1.165) is 6.42 Å². The van der Waals surface area contributed by atoms with Crippen molar-refractivity contribution in [3.8, 4) is 0 Å². The number of likely N-dealkylation sites (tertiary alicyclic amines) is 1. The van der Waals surface area contributed by atoms with Crippen LogP contribution in [-0.2, 0) is 9.53 Å². The van der Waals surface area contributed by atoms with Crippen molar-refractivity contribution in [2.45, 2.75) is 46.1 Å². The van der Waals surface area contributed by atoms with Crippen LogP contribution < -0.4 is 0 Å². The summed E-state index contributed by atoms with van der Waals surface area (Å²) in [5.74, 6) is 0.224. The second-order valence-electron chi connectivity index (χ2n) is 6.66. The third-order valence-corrected chi connectivity index (χ3v) is 4.12. The van der Waals surface area contributed by atoms with Crippen LogP contribution in [0.1, 0.15) is 50.5 Å². The molecule has 1 aliphatic heterocycles. The van der Waals surface area contributed by atoms with Crippen molar-refractivity contribution < 1.29 is 14.3 Å². The third-order valence-electron chi connectivity index (χ3n) is 4.12. The van der Waals surface area contributed by atoms with Crippen LogP contribution in [0.3, 0.4) is 0 Å². The molecule has 0 spiro atoms. The van der Waals surface area contributed by atoms with E-state index in [1.807, 2.05) is 6.92 Å². The van der Waals surface area contributed by atoms with E-state index in [0.29, 0.717) is 37.5 Å². The molecular formula is C18H26N2O3. The first-order chi connectivity index (χ1) is 11.0. The number of amides is 1. The van der Waals surface area contributed by atoms with Crippen molar-refractivity contribution in [3.63, 3.8) is 0 Å². The Morgan fingerprint density at radius 2 is 1.96 bits per heavy atom. The van der Waals surface area contributed by atoms with Crippen LogP contribution in [-0.4, -0.2) is 41.0 Å². The first-order valence-corrected chi connectivity index (χ1v) is 8.38. The lowest BCUT2D eigenvalue weighted by Gasteiger charge is -2.31. The molecule has 0 bridgehead atoms. The van der Waals surface area contributed by atoms with Crippen LogP contribution in [0.4, 0.5) is 0 Å². The van der Waals surface area contributed by atoms with Crippen molar-refractivity contribution in [1.82, 2.24) is 9.88 Å². The summed E-state index contributed by atoms with van der Waals surface area (Å²) in [5.41, 5.74) is 0.457. The summed E-state index contributed by atoms with van der Waals surface area (Å²) < 4.78 is 5.53. The number of carbonyl (C=O) groups is 2. The summed E-state index contributed by atoms with van der Waals surface area (Å²) in [7, 11) is 0.